The molecule has 0 amide bonds. The van der Waals surface area contributed by atoms with Crippen molar-refractivity contribution in [2.45, 2.75) is 0 Å². The fourth-order valence-electron chi connectivity index (χ4n) is 0.814. The van der Waals surface area contributed by atoms with Gasteiger partial charge in [-0.05, 0) is 12.2 Å². The van der Waals surface area contributed by atoms with Gasteiger partial charge in [0.05, 0.1) is 11.8 Å². The van der Waals surface area contributed by atoms with Gasteiger partial charge in [-0.25, -0.2) is 0 Å². The highest BCUT2D eigenvalue weighted by molar-refractivity contribution is 5.64. The minimum Gasteiger partial charge on any atom is -0.338 e. The Bertz CT molecular complexity index is 286. The summed E-state index contributed by atoms with van der Waals surface area (Å²) in [5.74, 6) is 0.699. The van der Waals surface area contributed by atoms with E-state index in [-0.39, 0.29) is 0 Å². The summed E-state index contributed by atoms with van der Waals surface area (Å²) in [5.41, 5.74) is 0.977. The molecule has 0 saturated carbocycles. The molecule has 0 radical (unpaired) electrons. The number of hydrogen-bond acceptors (Lipinski definition) is 3. The molecule has 1 aliphatic heterocycles. The molecule has 2 heterocycles. The Morgan fingerprint density at radius 2 is 2.40 bits per heavy atom. The van der Waals surface area contributed by atoms with Crippen LogP contribution in [0, 0.1) is 0 Å². The van der Waals surface area contributed by atoms with Gasteiger partial charge in [0, 0.05) is 6.20 Å². The summed E-state index contributed by atoms with van der Waals surface area (Å²) >= 11 is 0. The van der Waals surface area contributed by atoms with Crippen LogP contribution in [0.15, 0.2) is 29.1 Å². The van der Waals surface area contributed by atoms with E-state index in [0.717, 1.165) is 5.56 Å². The molecule has 0 saturated heterocycles. The van der Waals surface area contributed by atoms with Crippen LogP contribution in [0.3, 0.4) is 0 Å². The summed E-state index contributed by atoms with van der Waals surface area (Å²) < 4.78 is 4.87. The van der Waals surface area contributed by atoms with Crippen molar-refractivity contribution in [3.05, 3.63) is 30.1 Å². The number of hydrogen-bond donors (Lipinski definition) is 1. The molecule has 0 aromatic carbocycles. The maximum atomic E-state index is 4.87. The van der Waals surface area contributed by atoms with E-state index in [1.165, 1.54) is 0 Å². The van der Waals surface area contributed by atoms with Crippen LogP contribution >= 0.6 is 0 Å². The Morgan fingerprint density at radius 1 is 1.40 bits per heavy atom. The van der Waals surface area contributed by atoms with E-state index in [1.807, 2.05) is 18.2 Å². The SMILES string of the molecule is C1=CNc2oncc2C=C1. The predicted molar refractivity (Wildman–Crippen MR) is 38.3 cm³/mol. The van der Waals surface area contributed by atoms with Gasteiger partial charge in [0.2, 0.25) is 5.88 Å². The van der Waals surface area contributed by atoms with Crippen molar-refractivity contribution in [1.82, 2.24) is 5.16 Å². The number of fused-ring (bicyclic) bond motifs is 1. The molecule has 1 N–H and O–H groups in total. The quantitative estimate of drug-likeness (QED) is 0.586. The van der Waals surface area contributed by atoms with Crippen LogP contribution in [-0.2, 0) is 0 Å². The molecule has 0 aliphatic carbocycles. The van der Waals surface area contributed by atoms with Crippen LogP contribution < -0.4 is 5.32 Å². The highest BCUT2D eigenvalue weighted by atomic mass is 16.5. The zero-order chi connectivity index (χ0) is 6.81. The zero-order valence-electron chi connectivity index (χ0n) is 5.24. The third-order valence-electron chi connectivity index (χ3n) is 1.30. The largest absolute Gasteiger partial charge is 0.338 e. The third-order valence-corrected chi connectivity index (χ3v) is 1.30. The van der Waals surface area contributed by atoms with E-state index in [0.29, 0.717) is 5.88 Å². The first-order chi connectivity index (χ1) is 4.97. The fourth-order valence-corrected chi connectivity index (χ4v) is 0.814. The molecule has 1 aromatic heterocycles. The Kier molecular flexibility index (Phi) is 1.07. The van der Waals surface area contributed by atoms with Gasteiger partial charge in [-0.2, -0.15) is 0 Å². The highest BCUT2D eigenvalue weighted by Crippen LogP contribution is 2.17. The van der Waals surface area contributed by atoms with Crippen molar-refractivity contribution in [3.63, 3.8) is 0 Å². The number of nitrogens with zero attached hydrogens (tertiary/aromatic N) is 1. The topological polar surface area (TPSA) is 38.1 Å². The molecule has 2 rings (SSSR count). The molecule has 3 heteroatoms. The van der Waals surface area contributed by atoms with Crippen molar-refractivity contribution in [1.29, 1.82) is 0 Å². The van der Waals surface area contributed by atoms with Gasteiger partial charge in [0.15, 0.2) is 0 Å². The van der Waals surface area contributed by atoms with Gasteiger partial charge in [-0.1, -0.05) is 11.2 Å². The van der Waals surface area contributed by atoms with E-state index in [4.69, 9.17) is 4.52 Å². The lowest BCUT2D eigenvalue weighted by Crippen LogP contribution is -1.83. The van der Waals surface area contributed by atoms with Gasteiger partial charge < -0.3 is 9.84 Å². The van der Waals surface area contributed by atoms with E-state index in [2.05, 4.69) is 10.5 Å². The second-order valence-electron chi connectivity index (χ2n) is 1.97. The third kappa shape index (κ3) is 0.719. The number of anilines is 1. The lowest BCUT2D eigenvalue weighted by Gasteiger charge is -1.89. The maximum absolute atomic E-state index is 4.87. The molecule has 50 valence electrons. The van der Waals surface area contributed by atoms with Gasteiger partial charge in [0.1, 0.15) is 0 Å². The summed E-state index contributed by atoms with van der Waals surface area (Å²) in [5, 5.41) is 6.56. The molecular formula is C7H6N2O. The van der Waals surface area contributed by atoms with Crippen LogP contribution in [0.5, 0.6) is 0 Å². The summed E-state index contributed by atoms with van der Waals surface area (Å²) in [7, 11) is 0. The second-order valence-corrected chi connectivity index (χ2v) is 1.97. The lowest BCUT2D eigenvalue weighted by atomic mass is 10.3. The smallest absolute Gasteiger partial charge is 0.235 e. The van der Waals surface area contributed by atoms with Crippen molar-refractivity contribution in [3.8, 4) is 0 Å². The molecule has 0 fully saturated rings. The second kappa shape index (κ2) is 2.02. The average molecular weight is 134 g/mol. The Hall–Kier alpha value is -1.51. The average Bonchev–Trinajstić information content (AvgIpc) is 2.28. The van der Waals surface area contributed by atoms with E-state index < -0.39 is 0 Å². The first-order valence-electron chi connectivity index (χ1n) is 3.01. The minimum absolute atomic E-state index is 0.699. The van der Waals surface area contributed by atoms with E-state index in [1.54, 1.807) is 12.4 Å². The Balaban J connectivity index is 2.50. The van der Waals surface area contributed by atoms with Crippen LogP contribution in [0.25, 0.3) is 6.08 Å². The standard InChI is InChI=1S/C7H6N2O/c1-2-4-8-7-6(3-1)5-9-10-7/h1-5,8H. The van der Waals surface area contributed by atoms with Crippen molar-refractivity contribution in [2.75, 3.05) is 5.32 Å². The Morgan fingerprint density at radius 3 is 3.40 bits per heavy atom. The fraction of sp³-hybridized carbons (Fsp3) is 0. The highest BCUT2D eigenvalue weighted by Gasteiger charge is 2.02. The predicted octanol–water partition coefficient (Wildman–Crippen LogP) is 1.63. The van der Waals surface area contributed by atoms with Crippen LogP contribution in [0.4, 0.5) is 5.88 Å². The van der Waals surface area contributed by atoms with Crippen LogP contribution in [0.2, 0.25) is 0 Å². The summed E-state index contributed by atoms with van der Waals surface area (Å²) in [6, 6.07) is 0. The van der Waals surface area contributed by atoms with E-state index >= 15 is 0 Å². The maximum Gasteiger partial charge on any atom is 0.235 e. The molecule has 1 aromatic rings. The number of aromatic nitrogens is 1. The molecule has 0 spiro atoms. The summed E-state index contributed by atoms with van der Waals surface area (Å²) in [6.45, 7) is 0. The molecule has 3 nitrogen and oxygen atoms in total. The number of allylic oxidation sites excluding steroid dienone is 2. The number of rotatable bonds is 0. The molecule has 1 aliphatic rings. The summed E-state index contributed by atoms with van der Waals surface area (Å²) in [4.78, 5) is 0. The van der Waals surface area contributed by atoms with Gasteiger partial charge >= 0.3 is 0 Å². The minimum atomic E-state index is 0.699. The van der Waals surface area contributed by atoms with Gasteiger partial charge in [-0.3, -0.25) is 0 Å². The Labute approximate surface area is 58.0 Å². The van der Waals surface area contributed by atoms with Crippen molar-refractivity contribution < 1.29 is 4.52 Å². The lowest BCUT2D eigenvalue weighted by molar-refractivity contribution is 0.435. The van der Waals surface area contributed by atoms with Crippen LogP contribution in [0.1, 0.15) is 5.56 Å². The van der Waals surface area contributed by atoms with Crippen molar-refractivity contribution in [2.24, 2.45) is 0 Å². The van der Waals surface area contributed by atoms with Crippen molar-refractivity contribution >= 4 is 12.0 Å². The van der Waals surface area contributed by atoms with Crippen LogP contribution in [-0.4, -0.2) is 5.16 Å². The van der Waals surface area contributed by atoms with E-state index in [9.17, 15) is 0 Å². The first-order valence-corrected chi connectivity index (χ1v) is 3.01. The normalized spacial score (nSPS) is 14.0. The first kappa shape index (κ1) is 5.29. The molecule has 10 heavy (non-hydrogen) atoms. The molecule has 0 bridgehead atoms. The summed E-state index contributed by atoms with van der Waals surface area (Å²) in [6.07, 6.45) is 9.23. The zero-order valence-corrected chi connectivity index (χ0v) is 5.24. The number of nitrogens with one attached hydrogen (secondary N) is 1. The van der Waals surface area contributed by atoms with Gasteiger partial charge in [0.25, 0.3) is 0 Å². The molecule has 0 unspecified atom stereocenters. The monoisotopic (exact) mass is 134 g/mol. The molecular weight excluding hydrogens is 128 g/mol. The van der Waals surface area contributed by atoms with Gasteiger partial charge in [-0.15, -0.1) is 0 Å². The molecule has 0 atom stereocenters.